The van der Waals surface area contributed by atoms with Gasteiger partial charge in [-0.3, -0.25) is 15.0 Å². The third-order valence-corrected chi connectivity index (χ3v) is 5.85. The molecule has 12 heteroatoms. The standard InChI is InChI=1S/C27H29N5O6S/c1-15(2)14-30-25(33)18-8-12-20(22(13-18)27(35)38-39(4,36)37)21-11-5-16(3)31-23(21)26(34)32-19-9-6-17(7-10-19)24(28)29/h5-13,15H,14H2,1-4H3,(H3,28,29)(H,30,33)(H,32,34). The first kappa shape index (κ1) is 29.0. The van der Waals surface area contributed by atoms with E-state index < -0.39 is 27.9 Å². The number of aromatic nitrogens is 1. The lowest BCUT2D eigenvalue weighted by Crippen LogP contribution is -2.27. The molecule has 5 N–H and O–H groups in total. The van der Waals surface area contributed by atoms with Gasteiger partial charge < -0.3 is 20.6 Å². The predicted octanol–water partition coefficient (Wildman–Crippen LogP) is 3.10. The lowest BCUT2D eigenvalue weighted by atomic mass is 9.95. The number of nitrogens with zero attached hydrogens (tertiary/aromatic N) is 1. The number of hydrogen-bond acceptors (Lipinski definition) is 8. The Hall–Kier alpha value is -4.58. The Balaban J connectivity index is 2.08. The maximum Gasteiger partial charge on any atom is 0.354 e. The number of rotatable bonds is 9. The molecule has 0 saturated heterocycles. The molecule has 0 radical (unpaired) electrons. The number of carbonyl (C=O) groups is 3. The number of benzene rings is 2. The van der Waals surface area contributed by atoms with Crippen LogP contribution in [0.5, 0.6) is 0 Å². The summed E-state index contributed by atoms with van der Waals surface area (Å²) in [7, 11) is -4.18. The molecule has 0 aliphatic heterocycles. The maximum absolute atomic E-state index is 13.3. The van der Waals surface area contributed by atoms with E-state index in [1.807, 2.05) is 13.8 Å². The maximum atomic E-state index is 13.3. The summed E-state index contributed by atoms with van der Waals surface area (Å²) in [6, 6.07) is 13.6. The molecule has 0 unspecified atom stereocenters. The zero-order chi connectivity index (χ0) is 28.9. The Morgan fingerprint density at radius 2 is 1.59 bits per heavy atom. The van der Waals surface area contributed by atoms with E-state index in [4.69, 9.17) is 11.1 Å². The van der Waals surface area contributed by atoms with Crippen LogP contribution < -0.4 is 16.4 Å². The molecule has 2 aromatic carbocycles. The average molecular weight is 552 g/mol. The van der Waals surface area contributed by atoms with Gasteiger partial charge in [0.15, 0.2) is 0 Å². The molecule has 39 heavy (non-hydrogen) atoms. The molecule has 0 atom stereocenters. The SMILES string of the molecule is Cc1ccc(-c2ccc(C(=O)NCC(C)C)cc2C(=O)OS(C)(=O)=O)c(C(=O)Nc2ccc(C(=N)N)cc2)n1. The first-order valence-electron chi connectivity index (χ1n) is 11.8. The van der Waals surface area contributed by atoms with E-state index in [0.717, 1.165) is 6.26 Å². The van der Waals surface area contributed by atoms with Gasteiger partial charge in [0.05, 0.1) is 11.8 Å². The molecule has 3 rings (SSSR count). The highest BCUT2D eigenvalue weighted by Gasteiger charge is 2.24. The Morgan fingerprint density at radius 1 is 0.974 bits per heavy atom. The Kier molecular flexibility index (Phi) is 8.81. The summed E-state index contributed by atoms with van der Waals surface area (Å²) in [5, 5.41) is 13.0. The van der Waals surface area contributed by atoms with Crippen molar-refractivity contribution in [3.8, 4) is 11.1 Å². The third-order valence-electron chi connectivity index (χ3n) is 5.39. The Bertz CT molecular complexity index is 1550. The zero-order valence-corrected chi connectivity index (χ0v) is 22.7. The van der Waals surface area contributed by atoms with Gasteiger partial charge >= 0.3 is 16.1 Å². The minimum Gasteiger partial charge on any atom is -0.384 e. The number of carbonyl (C=O) groups excluding carboxylic acids is 3. The summed E-state index contributed by atoms with van der Waals surface area (Å²) in [6.07, 6.45) is 0.730. The fourth-order valence-electron chi connectivity index (χ4n) is 3.54. The lowest BCUT2D eigenvalue weighted by molar-refractivity contribution is 0.0748. The van der Waals surface area contributed by atoms with Crippen molar-refractivity contribution in [2.24, 2.45) is 11.7 Å². The van der Waals surface area contributed by atoms with Crippen molar-refractivity contribution in [2.45, 2.75) is 20.8 Å². The van der Waals surface area contributed by atoms with Gasteiger partial charge in [0.25, 0.3) is 11.8 Å². The summed E-state index contributed by atoms with van der Waals surface area (Å²) in [6.45, 7) is 5.92. The molecule has 0 saturated carbocycles. The van der Waals surface area contributed by atoms with E-state index in [-0.39, 0.29) is 39.7 Å². The van der Waals surface area contributed by atoms with E-state index in [0.29, 0.717) is 23.5 Å². The molecule has 1 heterocycles. The molecule has 0 aliphatic carbocycles. The van der Waals surface area contributed by atoms with Crippen LogP contribution in [0.25, 0.3) is 11.1 Å². The zero-order valence-electron chi connectivity index (χ0n) is 21.9. The van der Waals surface area contributed by atoms with Gasteiger partial charge in [-0.15, -0.1) is 0 Å². The van der Waals surface area contributed by atoms with Gasteiger partial charge in [-0.05, 0) is 60.9 Å². The van der Waals surface area contributed by atoms with E-state index >= 15 is 0 Å². The molecule has 0 aliphatic rings. The normalized spacial score (nSPS) is 11.1. The molecule has 3 aromatic rings. The molecular formula is C27H29N5O6S. The fourth-order valence-corrected chi connectivity index (χ4v) is 3.91. The third kappa shape index (κ3) is 7.71. The Labute approximate surface area is 226 Å². The first-order valence-corrected chi connectivity index (χ1v) is 13.7. The van der Waals surface area contributed by atoms with Crippen LogP contribution in [0.1, 0.15) is 56.3 Å². The van der Waals surface area contributed by atoms with E-state index in [2.05, 4.69) is 19.8 Å². The molecule has 0 bridgehead atoms. The predicted molar refractivity (Wildman–Crippen MR) is 147 cm³/mol. The van der Waals surface area contributed by atoms with E-state index in [1.54, 1.807) is 43.3 Å². The first-order chi connectivity index (χ1) is 18.2. The van der Waals surface area contributed by atoms with E-state index in [9.17, 15) is 22.8 Å². The van der Waals surface area contributed by atoms with Crippen LogP contribution in [0.2, 0.25) is 0 Å². The van der Waals surface area contributed by atoms with E-state index in [1.165, 1.54) is 18.2 Å². The molecule has 204 valence electrons. The van der Waals surface area contributed by atoms with Crippen molar-refractivity contribution >= 4 is 39.4 Å². The second-order valence-electron chi connectivity index (χ2n) is 9.23. The topological polar surface area (TPSA) is 181 Å². The number of anilines is 1. The van der Waals surface area contributed by atoms with Crippen LogP contribution in [0, 0.1) is 18.3 Å². The van der Waals surface area contributed by atoms with Crippen molar-refractivity contribution < 1.29 is 27.0 Å². The summed E-state index contributed by atoms with van der Waals surface area (Å²) < 4.78 is 28.1. The lowest BCUT2D eigenvalue weighted by Gasteiger charge is -2.15. The molecule has 0 fully saturated rings. The monoisotopic (exact) mass is 551 g/mol. The van der Waals surface area contributed by atoms with Crippen molar-refractivity contribution in [3.05, 3.63) is 82.7 Å². The Morgan fingerprint density at radius 3 is 2.18 bits per heavy atom. The average Bonchev–Trinajstić information content (AvgIpc) is 2.86. The molecule has 11 nitrogen and oxygen atoms in total. The van der Waals surface area contributed by atoms with Gasteiger partial charge in [0.1, 0.15) is 11.5 Å². The van der Waals surface area contributed by atoms with Crippen LogP contribution in [0.15, 0.2) is 54.6 Å². The summed E-state index contributed by atoms with van der Waals surface area (Å²) in [5.41, 5.74) is 7.08. The summed E-state index contributed by atoms with van der Waals surface area (Å²) in [4.78, 5) is 43.3. The van der Waals surface area contributed by atoms with Crippen LogP contribution in [0.3, 0.4) is 0 Å². The highest BCUT2D eigenvalue weighted by atomic mass is 32.2. The van der Waals surface area contributed by atoms with Gasteiger partial charge in [0.2, 0.25) is 0 Å². The van der Waals surface area contributed by atoms with Gasteiger partial charge in [-0.2, -0.15) is 8.42 Å². The molecule has 1 aromatic heterocycles. The number of hydrogen-bond donors (Lipinski definition) is 4. The minimum absolute atomic E-state index is 0.0453. The minimum atomic E-state index is -4.18. The second-order valence-corrected chi connectivity index (χ2v) is 10.8. The molecular weight excluding hydrogens is 522 g/mol. The van der Waals surface area contributed by atoms with Crippen molar-refractivity contribution in [1.29, 1.82) is 5.41 Å². The van der Waals surface area contributed by atoms with Crippen LogP contribution >= 0.6 is 0 Å². The van der Waals surface area contributed by atoms with Crippen molar-refractivity contribution in [3.63, 3.8) is 0 Å². The highest BCUT2D eigenvalue weighted by Crippen LogP contribution is 2.29. The second kappa shape index (κ2) is 11.9. The number of aryl methyl sites for hydroxylation is 1. The van der Waals surface area contributed by atoms with Crippen molar-refractivity contribution in [2.75, 3.05) is 18.1 Å². The molecule has 0 spiro atoms. The van der Waals surface area contributed by atoms with Crippen LogP contribution in [-0.4, -0.2) is 49.8 Å². The highest BCUT2D eigenvalue weighted by molar-refractivity contribution is 7.86. The van der Waals surface area contributed by atoms with Gasteiger partial charge in [0, 0.05) is 34.6 Å². The largest absolute Gasteiger partial charge is 0.384 e. The van der Waals surface area contributed by atoms with Gasteiger partial charge in [-0.25, -0.2) is 9.78 Å². The number of nitrogens with one attached hydrogen (secondary N) is 3. The number of nitrogens with two attached hydrogens (primary N) is 1. The quantitative estimate of drug-likeness (QED) is 0.178. The van der Waals surface area contributed by atoms with Crippen LogP contribution in [-0.2, 0) is 14.3 Å². The van der Waals surface area contributed by atoms with Gasteiger partial charge in [-0.1, -0.05) is 26.0 Å². The summed E-state index contributed by atoms with van der Waals surface area (Å²) in [5.74, 6) is -2.22. The number of pyridine rings is 1. The smallest absolute Gasteiger partial charge is 0.354 e. The number of amides is 2. The van der Waals surface area contributed by atoms with Crippen LogP contribution in [0.4, 0.5) is 5.69 Å². The molecule has 2 amide bonds. The number of nitrogen functional groups attached to an aromatic ring is 1. The fraction of sp³-hybridized carbons (Fsp3) is 0.222. The summed E-state index contributed by atoms with van der Waals surface area (Å²) >= 11 is 0. The number of amidine groups is 1. The van der Waals surface area contributed by atoms with Crippen molar-refractivity contribution in [1.82, 2.24) is 10.3 Å².